The number of methoxy groups -OCH3 is 1. The van der Waals surface area contributed by atoms with Crippen molar-refractivity contribution >= 4 is 18.9 Å². The number of amides is 2. The third kappa shape index (κ3) is 7.20. The SMILES string of the molecule is COc1ccc([C@H](CC(=O)N[C@@H](CC(C)C)B(O)O)NC(=O)c2ccccc2)cc1. The molecule has 7 nitrogen and oxygen atoms in total. The number of ether oxygens (including phenoxy) is 1. The van der Waals surface area contributed by atoms with E-state index >= 15 is 0 Å². The molecule has 2 aromatic rings. The summed E-state index contributed by atoms with van der Waals surface area (Å²) in [5.74, 6) is -0.629. The molecule has 0 fully saturated rings. The Morgan fingerprint density at radius 3 is 2.17 bits per heavy atom. The Hall–Kier alpha value is -2.84. The lowest BCUT2D eigenvalue weighted by Gasteiger charge is -2.23. The summed E-state index contributed by atoms with van der Waals surface area (Å²) in [6, 6.07) is 15.2. The monoisotopic (exact) mass is 412 g/mol. The molecule has 2 amide bonds. The minimum absolute atomic E-state index is 0.0494. The van der Waals surface area contributed by atoms with E-state index in [1.807, 2.05) is 19.9 Å². The molecule has 0 aromatic heterocycles. The molecule has 2 atom stereocenters. The van der Waals surface area contributed by atoms with Gasteiger partial charge in [-0.05, 0) is 42.2 Å². The van der Waals surface area contributed by atoms with Gasteiger partial charge in [-0.2, -0.15) is 0 Å². The molecular formula is C22H29BN2O5. The zero-order chi connectivity index (χ0) is 22.1. The second kappa shape index (κ2) is 11.4. The largest absolute Gasteiger partial charge is 0.497 e. The lowest BCUT2D eigenvalue weighted by molar-refractivity contribution is -0.122. The maximum atomic E-state index is 12.7. The molecule has 0 radical (unpaired) electrons. The lowest BCUT2D eigenvalue weighted by atomic mass is 9.75. The van der Waals surface area contributed by atoms with Crippen LogP contribution in [0.15, 0.2) is 54.6 Å². The molecule has 0 saturated heterocycles. The van der Waals surface area contributed by atoms with Crippen molar-refractivity contribution in [3.63, 3.8) is 0 Å². The molecule has 160 valence electrons. The summed E-state index contributed by atoms with van der Waals surface area (Å²) in [5.41, 5.74) is 1.22. The lowest BCUT2D eigenvalue weighted by Crippen LogP contribution is -2.48. The molecule has 0 bridgehead atoms. The Morgan fingerprint density at radius 2 is 1.63 bits per heavy atom. The van der Waals surface area contributed by atoms with Crippen molar-refractivity contribution in [2.75, 3.05) is 7.11 Å². The molecule has 0 heterocycles. The van der Waals surface area contributed by atoms with E-state index in [9.17, 15) is 19.6 Å². The number of benzene rings is 2. The summed E-state index contributed by atoms with van der Waals surface area (Å²) in [5, 5.41) is 24.7. The molecule has 0 unspecified atom stereocenters. The molecule has 4 N–H and O–H groups in total. The van der Waals surface area contributed by atoms with Crippen LogP contribution >= 0.6 is 0 Å². The van der Waals surface area contributed by atoms with Gasteiger partial charge in [-0.3, -0.25) is 9.59 Å². The molecule has 30 heavy (non-hydrogen) atoms. The third-order valence-electron chi connectivity index (χ3n) is 4.68. The quantitative estimate of drug-likeness (QED) is 0.447. The van der Waals surface area contributed by atoms with E-state index in [2.05, 4.69) is 10.6 Å². The van der Waals surface area contributed by atoms with Gasteiger partial charge in [0.15, 0.2) is 0 Å². The molecule has 0 spiro atoms. The van der Waals surface area contributed by atoms with Gasteiger partial charge in [-0.25, -0.2) is 0 Å². The summed E-state index contributed by atoms with van der Waals surface area (Å²) < 4.78 is 5.17. The number of rotatable bonds is 10. The van der Waals surface area contributed by atoms with Crippen LogP contribution in [0.25, 0.3) is 0 Å². The average Bonchev–Trinajstić information content (AvgIpc) is 2.73. The minimum Gasteiger partial charge on any atom is -0.497 e. The van der Waals surface area contributed by atoms with Crippen LogP contribution in [0.5, 0.6) is 5.75 Å². The fourth-order valence-electron chi connectivity index (χ4n) is 3.13. The topological polar surface area (TPSA) is 108 Å². The van der Waals surface area contributed by atoms with Crippen LogP contribution < -0.4 is 15.4 Å². The number of hydrogen-bond donors (Lipinski definition) is 4. The molecule has 2 aromatic carbocycles. The van der Waals surface area contributed by atoms with Gasteiger partial charge in [-0.15, -0.1) is 0 Å². The summed E-state index contributed by atoms with van der Waals surface area (Å²) in [6.07, 6.45) is 0.374. The van der Waals surface area contributed by atoms with Crippen molar-refractivity contribution in [1.29, 1.82) is 0 Å². The highest BCUT2D eigenvalue weighted by atomic mass is 16.5. The van der Waals surface area contributed by atoms with Crippen LogP contribution in [0.2, 0.25) is 0 Å². The summed E-state index contributed by atoms with van der Waals surface area (Å²) in [7, 11) is -0.0960. The highest BCUT2D eigenvalue weighted by Gasteiger charge is 2.27. The number of carbonyl (C=O) groups excluding carboxylic acids is 2. The number of nitrogens with one attached hydrogen (secondary N) is 2. The Bertz CT molecular complexity index is 812. The van der Waals surface area contributed by atoms with Crippen molar-refractivity contribution < 1.29 is 24.4 Å². The van der Waals surface area contributed by atoms with Crippen molar-refractivity contribution in [1.82, 2.24) is 10.6 Å². The van der Waals surface area contributed by atoms with E-state index in [4.69, 9.17) is 4.74 Å². The second-order valence-corrected chi connectivity index (χ2v) is 7.59. The highest BCUT2D eigenvalue weighted by Crippen LogP contribution is 2.21. The molecule has 0 aliphatic rings. The third-order valence-corrected chi connectivity index (χ3v) is 4.68. The second-order valence-electron chi connectivity index (χ2n) is 7.59. The molecule has 0 saturated carbocycles. The van der Waals surface area contributed by atoms with E-state index in [0.29, 0.717) is 17.7 Å². The fraction of sp³-hybridized carbons (Fsp3) is 0.364. The predicted octanol–water partition coefficient (Wildman–Crippen LogP) is 2.10. The van der Waals surface area contributed by atoms with E-state index in [1.54, 1.807) is 55.6 Å². The Morgan fingerprint density at radius 1 is 1.00 bits per heavy atom. The Labute approximate surface area is 177 Å². The number of carbonyl (C=O) groups is 2. The van der Waals surface area contributed by atoms with Crippen LogP contribution in [0, 0.1) is 5.92 Å². The zero-order valence-corrected chi connectivity index (χ0v) is 17.5. The smallest absolute Gasteiger partial charge is 0.475 e. The van der Waals surface area contributed by atoms with Gasteiger partial charge in [0.25, 0.3) is 5.91 Å². The Kier molecular flexibility index (Phi) is 8.89. The summed E-state index contributed by atoms with van der Waals surface area (Å²) in [6.45, 7) is 3.86. The average molecular weight is 412 g/mol. The molecule has 0 aliphatic carbocycles. The normalized spacial score (nSPS) is 12.7. The van der Waals surface area contributed by atoms with Crippen molar-refractivity contribution in [3.8, 4) is 5.75 Å². The molecule has 0 aliphatic heterocycles. The van der Waals surface area contributed by atoms with Gasteiger partial charge in [0.1, 0.15) is 5.75 Å². The first-order valence-electron chi connectivity index (χ1n) is 9.95. The van der Waals surface area contributed by atoms with Crippen LogP contribution in [0.4, 0.5) is 0 Å². The van der Waals surface area contributed by atoms with Gasteiger partial charge < -0.3 is 25.4 Å². The first-order chi connectivity index (χ1) is 14.3. The van der Waals surface area contributed by atoms with E-state index in [0.717, 1.165) is 5.56 Å². The summed E-state index contributed by atoms with van der Waals surface area (Å²) >= 11 is 0. The standard InChI is InChI=1S/C22H29BN2O5/c1-15(2)13-20(23(28)29)25-21(26)14-19(16-9-11-18(30-3)12-10-16)24-22(27)17-7-5-4-6-8-17/h4-12,15,19-20,28-29H,13-14H2,1-3H3,(H,24,27)(H,25,26)/t19-,20-/m0/s1. The summed E-state index contributed by atoms with van der Waals surface area (Å²) in [4.78, 5) is 25.3. The van der Waals surface area contributed by atoms with Gasteiger partial charge in [0.2, 0.25) is 5.91 Å². The van der Waals surface area contributed by atoms with Crippen LogP contribution in [0.3, 0.4) is 0 Å². The van der Waals surface area contributed by atoms with Gasteiger partial charge >= 0.3 is 7.12 Å². The van der Waals surface area contributed by atoms with Crippen LogP contribution in [-0.4, -0.2) is 42.0 Å². The van der Waals surface area contributed by atoms with Crippen molar-refractivity contribution in [2.24, 2.45) is 5.92 Å². The highest BCUT2D eigenvalue weighted by molar-refractivity contribution is 6.43. The maximum absolute atomic E-state index is 12.7. The minimum atomic E-state index is -1.66. The first kappa shape index (κ1) is 23.4. The van der Waals surface area contributed by atoms with Crippen molar-refractivity contribution in [2.45, 2.75) is 38.7 Å². The van der Waals surface area contributed by atoms with E-state index in [-0.39, 0.29) is 24.2 Å². The fourth-order valence-corrected chi connectivity index (χ4v) is 3.13. The number of hydrogen-bond acceptors (Lipinski definition) is 5. The first-order valence-corrected chi connectivity index (χ1v) is 9.95. The van der Waals surface area contributed by atoms with E-state index < -0.39 is 19.1 Å². The van der Waals surface area contributed by atoms with Gasteiger partial charge in [0, 0.05) is 5.56 Å². The zero-order valence-electron chi connectivity index (χ0n) is 17.5. The maximum Gasteiger partial charge on any atom is 0.475 e. The van der Waals surface area contributed by atoms with Crippen LogP contribution in [0.1, 0.15) is 48.7 Å². The molecule has 8 heteroatoms. The van der Waals surface area contributed by atoms with E-state index in [1.165, 1.54) is 0 Å². The molecular weight excluding hydrogens is 383 g/mol. The Balaban J connectivity index is 2.17. The van der Waals surface area contributed by atoms with Crippen LogP contribution in [-0.2, 0) is 4.79 Å². The molecule has 2 rings (SSSR count). The predicted molar refractivity (Wildman–Crippen MR) is 116 cm³/mol. The van der Waals surface area contributed by atoms with Crippen molar-refractivity contribution in [3.05, 3.63) is 65.7 Å². The van der Waals surface area contributed by atoms with Gasteiger partial charge in [-0.1, -0.05) is 44.2 Å². The van der Waals surface area contributed by atoms with Gasteiger partial charge in [0.05, 0.1) is 25.5 Å².